The zero-order valence-electron chi connectivity index (χ0n) is 20.7. The average molecular weight is 437 g/mol. The standard InChI is InChI=1S/C28H40N2O2/c1-18(2)20-8-12-22(13-9-20)26(23-14-10-21(11-15-23)19(3)4)25-16-24(17-29-25)32-27(31)30-28(5,6)7/h8-15,18-19,24-26,29H,16-17H2,1-7H3,(H,30,31)/t24-,25-/m1/s1. The molecule has 4 nitrogen and oxygen atoms in total. The van der Waals surface area contributed by atoms with Gasteiger partial charge in [0.05, 0.1) is 0 Å². The van der Waals surface area contributed by atoms with Gasteiger partial charge in [0.25, 0.3) is 0 Å². The number of carbonyl (C=O) groups excluding carboxylic acids is 1. The highest BCUT2D eigenvalue weighted by atomic mass is 16.6. The molecule has 0 aromatic heterocycles. The minimum Gasteiger partial charge on any atom is -0.445 e. The van der Waals surface area contributed by atoms with Crippen molar-refractivity contribution in [3.8, 4) is 0 Å². The fraction of sp³-hybridized carbons (Fsp3) is 0.536. The normalized spacial score (nSPS) is 19.1. The van der Waals surface area contributed by atoms with Crippen molar-refractivity contribution in [1.82, 2.24) is 10.6 Å². The topological polar surface area (TPSA) is 50.4 Å². The molecule has 0 spiro atoms. The second-order valence-corrected chi connectivity index (χ2v) is 10.8. The van der Waals surface area contributed by atoms with E-state index in [4.69, 9.17) is 4.74 Å². The molecule has 0 aliphatic carbocycles. The SMILES string of the molecule is CC(C)c1ccc(C(c2ccc(C(C)C)cc2)[C@H]2C[C@@H](OC(=O)NC(C)(C)C)CN2)cc1. The monoisotopic (exact) mass is 436 g/mol. The first-order valence-corrected chi connectivity index (χ1v) is 12.0. The van der Waals surface area contributed by atoms with E-state index in [0.717, 1.165) is 6.42 Å². The van der Waals surface area contributed by atoms with Crippen LogP contribution < -0.4 is 10.6 Å². The molecule has 2 atom stereocenters. The van der Waals surface area contributed by atoms with Crippen molar-refractivity contribution >= 4 is 6.09 Å². The summed E-state index contributed by atoms with van der Waals surface area (Å²) in [5.41, 5.74) is 4.98. The molecule has 1 aliphatic rings. The Hall–Kier alpha value is -2.33. The molecule has 0 unspecified atom stereocenters. The summed E-state index contributed by atoms with van der Waals surface area (Å²) in [7, 11) is 0. The molecular weight excluding hydrogens is 396 g/mol. The van der Waals surface area contributed by atoms with Gasteiger partial charge in [-0.15, -0.1) is 0 Å². The van der Waals surface area contributed by atoms with Crippen LogP contribution in [0, 0.1) is 0 Å². The Labute approximate surface area is 194 Å². The minimum atomic E-state index is -0.343. The summed E-state index contributed by atoms with van der Waals surface area (Å²) in [6, 6.07) is 18.2. The molecule has 32 heavy (non-hydrogen) atoms. The van der Waals surface area contributed by atoms with E-state index in [1.54, 1.807) is 0 Å². The maximum atomic E-state index is 12.3. The van der Waals surface area contributed by atoms with Gasteiger partial charge in [-0.1, -0.05) is 76.2 Å². The Morgan fingerprint density at radius 3 is 1.72 bits per heavy atom. The van der Waals surface area contributed by atoms with E-state index in [-0.39, 0.29) is 29.7 Å². The van der Waals surface area contributed by atoms with Crippen LogP contribution in [0.1, 0.15) is 94.9 Å². The highest BCUT2D eigenvalue weighted by Gasteiger charge is 2.34. The van der Waals surface area contributed by atoms with Crippen molar-refractivity contribution in [1.29, 1.82) is 0 Å². The largest absolute Gasteiger partial charge is 0.445 e. The van der Waals surface area contributed by atoms with Crippen LogP contribution in [-0.2, 0) is 4.74 Å². The number of rotatable bonds is 6. The Morgan fingerprint density at radius 1 is 0.875 bits per heavy atom. The van der Waals surface area contributed by atoms with Crippen LogP contribution in [0.5, 0.6) is 0 Å². The molecule has 0 bridgehead atoms. The van der Waals surface area contributed by atoms with Crippen LogP contribution in [0.4, 0.5) is 4.79 Å². The average Bonchev–Trinajstić information content (AvgIpc) is 3.15. The number of alkyl carbamates (subject to hydrolysis) is 1. The van der Waals surface area contributed by atoms with Crippen LogP contribution in [0.25, 0.3) is 0 Å². The number of amides is 1. The van der Waals surface area contributed by atoms with Gasteiger partial charge in [-0.05, 0) is 54.9 Å². The maximum absolute atomic E-state index is 12.3. The lowest BCUT2D eigenvalue weighted by molar-refractivity contribution is 0.0989. The lowest BCUT2D eigenvalue weighted by Crippen LogP contribution is -2.42. The number of benzene rings is 2. The van der Waals surface area contributed by atoms with Crippen molar-refractivity contribution in [3.05, 3.63) is 70.8 Å². The van der Waals surface area contributed by atoms with Gasteiger partial charge >= 0.3 is 6.09 Å². The third-order valence-electron chi connectivity index (χ3n) is 6.20. The van der Waals surface area contributed by atoms with Crippen LogP contribution in [-0.4, -0.2) is 30.3 Å². The van der Waals surface area contributed by atoms with E-state index >= 15 is 0 Å². The van der Waals surface area contributed by atoms with E-state index in [1.165, 1.54) is 22.3 Å². The van der Waals surface area contributed by atoms with E-state index in [0.29, 0.717) is 18.4 Å². The van der Waals surface area contributed by atoms with Crippen LogP contribution in [0.15, 0.2) is 48.5 Å². The number of hydrogen-bond acceptors (Lipinski definition) is 3. The number of ether oxygens (including phenoxy) is 1. The first kappa shape index (κ1) is 24.3. The zero-order valence-corrected chi connectivity index (χ0v) is 20.7. The van der Waals surface area contributed by atoms with Gasteiger partial charge in [0.15, 0.2) is 0 Å². The highest BCUT2D eigenvalue weighted by molar-refractivity contribution is 5.68. The molecule has 1 fully saturated rings. The summed E-state index contributed by atoms with van der Waals surface area (Å²) in [5, 5.41) is 6.54. The second-order valence-electron chi connectivity index (χ2n) is 10.8. The van der Waals surface area contributed by atoms with Crippen LogP contribution >= 0.6 is 0 Å². The Morgan fingerprint density at radius 2 is 1.31 bits per heavy atom. The molecule has 4 heteroatoms. The molecule has 1 amide bonds. The van der Waals surface area contributed by atoms with E-state index in [1.807, 2.05) is 20.8 Å². The molecule has 174 valence electrons. The summed E-state index contributed by atoms with van der Waals surface area (Å²) in [5.74, 6) is 1.23. The predicted molar refractivity (Wildman–Crippen MR) is 132 cm³/mol. The maximum Gasteiger partial charge on any atom is 0.407 e. The Balaban J connectivity index is 1.82. The van der Waals surface area contributed by atoms with Crippen LogP contribution in [0.3, 0.4) is 0 Å². The number of nitrogens with one attached hydrogen (secondary N) is 2. The van der Waals surface area contributed by atoms with Crippen molar-refractivity contribution in [2.75, 3.05) is 6.54 Å². The quantitative estimate of drug-likeness (QED) is 0.557. The van der Waals surface area contributed by atoms with E-state index in [9.17, 15) is 4.79 Å². The molecule has 0 radical (unpaired) electrons. The van der Waals surface area contributed by atoms with Gasteiger partial charge in [0, 0.05) is 30.5 Å². The van der Waals surface area contributed by atoms with Gasteiger partial charge in [0.1, 0.15) is 6.10 Å². The van der Waals surface area contributed by atoms with E-state index < -0.39 is 0 Å². The van der Waals surface area contributed by atoms with Gasteiger partial charge < -0.3 is 15.4 Å². The zero-order chi connectivity index (χ0) is 23.5. The minimum absolute atomic E-state index is 0.130. The molecule has 2 aromatic rings. The first-order valence-electron chi connectivity index (χ1n) is 12.0. The van der Waals surface area contributed by atoms with E-state index in [2.05, 4.69) is 86.9 Å². The highest BCUT2D eigenvalue weighted by Crippen LogP contribution is 2.34. The fourth-order valence-corrected chi connectivity index (χ4v) is 4.40. The van der Waals surface area contributed by atoms with Crippen molar-refractivity contribution in [3.63, 3.8) is 0 Å². The summed E-state index contributed by atoms with van der Waals surface area (Å²) in [4.78, 5) is 12.3. The van der Waals surface area contributed by atoms with Gasteiger partial charge in [0.2, 0.25) is 0 Å². The molecule has 3 rings (SSSR count). The van der Waals surface area contributed by atoms with Gasteiger partial charge in [-0.25, -0.2) is 4.79 Å². The third kappa shape index (κ3) is 6.35. The number of carbonyl (C=O) groups is 1. The molecule has 1 saturated heterocycles. The molecular formula is C28H40N2O2. The van der Waals surface area contributed by atoms with Crippen LogP contribution in [0.2, 0.25) is 0 Å². The van der Waals surface area contributed by atoms with Crippen molar-refractivity contribution in [2.24, 2.45) is 0 Å². The lowest BCUT2D eigenvalue weighted by atomic mass is 9.82. The summed E-state index contributed by atoms with van der Waals surface area (Å²) < 4.78 is 5.73. The second kappa shape index (κ2) is 10.1. The summed E-state index contributed by atoms with van der Waals surface area (Å²) in [6.45, 7) is 15.4. The number of hydrogen-bond donors (Lipinski definition) is 2. The molecule has 2 N–H and O–H groups in total. The molecule has 0 saturated carbocycles. The summed E-state index contributed by atoms with van der Waals surface area (Å²) in [6.07, 6.45) is 0.318. The molecule has 2 aromatic carbocycles. The fourth-order valence-electron chi connectivity index (χ4n) is 4.40. The Kier molecular flexibility index (Phi) is 7.66. The smallest absolute Gasteiger partial charge is 0.407 e. The van der Waals surface area contributed by atoms with Crippen molar-refractivity contribution < 1.29 is 9.53 Å². The van der Waals surface area contributed by atoms with Gasteiger partial charge in [-0.3, -0.25) is 0 Å². The first-order chi connectivity index (χ1) is 15.0. The lowest BCUT2D eigenvalue weighted by Gasteiger charge is -2.26. The summed E-state index contributed by atoms with van der Waals surface area (Å²) >= 11 is 0. The predicted octanol–water partition coefficient (Wildman–Crippen LogP) is 6.32. The van der Waals surface area contributed by atoms with Gasteiger partial charge in [-0.2, -0.15) is 0 Å². The molecule has 1 heterocycles. The third-order valence-corrected chi connectivity index (χ3v) is 6.20. The van der Waals surface area contributed by atoms with Crippen molar-refractivity contribution in [2.45, 2.75) is 90.3 Å². The molecule has 1 aliphatic heterocycles. The Bertz CT molecular complexity index is 828.